The number of anilines is 1. The fraction of sp³-hybridized carbons (Fsp3) is 0.333. The lowest BCUT2D eigenvalue weighted by atomic mass is 10.4. The number of pyridine rings is 1. The first-order valence-corrected chi connectivity index (χ1v) is 6.06. The number of hydrogen-bond donors (Lipinski definition) is 1. The second kappa shape index (κ2) is 4.37. The van der Waals surface area contributed by atoms with Crippen molar-refractivity contribution in [1.82, 2.24) is 14.5 Å². The number of aromatic nitrogens is 3. The normalized spacial score (nSPS) is 14.9. The Balaban J connectivity index is 1.71. The molecule has 2 heterocycles. The summed E-state index contributed by atoms with van der Waals surface area (Å²) in [6.45, 7) is 0.724. The van der Waals surface area contributed by atoms with E-state index < -0.39 is 0 Å². The van der Waals surface area contributed by atoms with Crippen LogP contribution < -0.4 is 5.32 Å². The number of hydrogen-bond acceptors (Lipinski definition) is 3. The quantitative estimate of drug-likeness (QED) is 0.905. The van der Waals surface area contributed by atoms with Crippen molar-refractivity contribution in [1.29, 1.82) is 0 Å². The molecular formula is C12H13ClN4. The van der Waals surface area contributed by atoms with E-state index in [4.69, 9.17) is 11.6 Å². The van der Waals surface area contributed by atoms with Crippen LogP contribution in [0.15, 0.2) is 31.0 Å². The maximum Gasteiger partial charge on any atom is 0.0951 e. The van der Waals surface area contributed by atoms with Crippen LogP contribution in [0.3, 0.4) is 0 Å². The van der Waals surface area contributed by atoms with Gasteiger partial charge in [0.1, 0.15) is 0 Å². The number of rotatable bonds is 4. The van der Waals surface area contributed by atoms with Gasteiger partial charge in [0, 0.05) is 18.4 Å². The summed E-state index contributed by atoms with van der Waals surface area (Å²) in [5.41, 5.74) is 2.05. The van der Waals surface area contributed by atoms with E-state index in [1.165, 1.54) is 18.5 Å². The van der Waals surface area contributed by atoms with Crippen molar-refractivity contribution in [3.8, 4) is 0 Å². The lowest BCUT2D eigenvalue weighted by Gasteiger charge is -2.09. The van der Waals surface area contributed by atoms with E-state index >= 15 is 0 Å². The molecule has 17 heavy (non-hydrogen) atoms. The molecule has 1 aliphatic rings. The lowest BCUT2D eigenvalue weighted by molar-refractivity contribution is 0.701. The molecule has 3 rings (SSSR count). The highest BCUT2D eigenvalue weighted by atomic mass is 35.5. The summed E-state index contributed by atoms with van der Waals surface area (Å²) >= 11 is 6.05. The highest BCUT2D eigenvalue weighted by molar-refractivity contribution is 6.33. The molecule has 0 saturated heterocycles. The van der Waals surface area contributed by atoms with Crippen LogP contribution in [-0.2, 0) is 6.54 Å². The van der Waals surface area contributed by atoms with Crippen LogP contribution in [0.5, 0.6) is 0 Å². The van der Waals surface area contributed by atoms with Crippen LogP contribution in [-0.4, -0.2) is 14.5 Å². The third-order valence-corrected chi connectivity index (χ3v) is 3.24. The summed E-state index contributed by atoms with van der Waals surface area (Å²) in [5.74, 6) is 0. The van der Waals surface area contributed by atoms with Crippen molar-refractivity contribution in [3.63, 3.8) is 0 Å². The number of nitrogens with one attached hydrogen (secondary N) is 1. The zero-order chi connectivity index (χ0) is 11.7. The van der Waals surface area contributed by atoms with E-state index in [-0.39, 0.29) is 0 Å². The van der Waals surface area contributed by atoms with E-state index in [0.717, 1.165) is 12.2 Å². The molecule has 0 atom stereocenters. The molecule has 4 nitrogen and oxygen atoms in total. The van der Waals surface area contributed by atoms with Gasteiger partial charge < -0.3 is 9.88 Å². The predicted molar refractivity (Wildman–Crippen MR) is 67.1 cm³/mol. The minimum Gasteiger partial charge on any atom is -0.377 e. The second-order valence-corrected chi connectivity index (χ2v) is 4.64. The molecule has 0 bridgehead atoms. The second-order valence-electron chi connectivity index (χ2n) is 4.23. The Bertz CT molecular complexity index is 519. The first kappa shape index (κ1) is 10.6. The molecule has 1 fully saturated rings. The smallest absolute Gasteiger partial charge is 0.0951 e. The van der Waals surface area contributed by atoms with E-state index in [2.05, 4.69) is 19.9 Å². The maximum atomic E-state index is 6.05. The summed E-state index contributed by atoms with van der Waals surface area (Å²) in [4.78, 5) is 8.24. The van der Waals surface area contributed by atoms with E-state index in [0.29, 0.717) is 11.1 Å². The van der Waals surface area contributed by atoms with Crippen molar-refractivity contribution in [3.05, 3.63) is 41.7 Å². The Kier molecular flexibility index (Phi) is 2.73. The molecule has 5 heteroatoms. The van der Waals surface area contributed by atoms with E-state index in [1.807, 2.05) is 12.5 Å². The van der Waals surface area contributed by atoms with Gasteiger partial charge in [0.25, 0.3) is 0 Å². The Hall–Kier alpha value is -1.55. The summed E-state index contributed by atoms with van der Waals surface area (Å²) in [7, 11) is 0. The van der Waals surface area contributed by atoms with Crippen LogP contribution in [0.1, 0.15) is 24.6 Å². The summed E-state index contributed by atoms with van der Waals surface area (Å²) < 4.78 is 2.23. The molecule has 2 aromatic rings. The van der Waals surface area contributed by atoms with Gasteiger partial charge in [0.05, 0.1) is 35.5 Å². The van der Waals surface area contributed by atoms with Gasteiger partial charge in [-0.2, -0.15) is 0 Å². The van der Waals surface area contributed by atoms with Gasteiger partial charge in [-0.05, 0) is 18.9 Å². The van der Waals surface area contributed by atoms with Gasteiger partial charge in [-0.25, -0.2) is 4.98 Å². The Morgan fingerprint density at radius 1 is 1.35 bits per heavy atom. The summed E-state index contributed by atoms with van der Waals surface area (Å²) in [6.07, 6.45) is 9.74. The fourth-order valence-corrected chi connectivity index (χ4v) is 2.02. The van der Waals surface area contributed by atoms with Crippen molar-refractivity contribution >= 4 is 17.3 Å². The predicted octanol–water partition coefficient (Wildman–Crippen LogP) is 2.88. The van der Waals surface area contributed by atoms with Crippen molar-refractivity contribution in [2.45, 2.75) is 25.4 Å². The third-order valence-electron chi connectivity index (χ3n) is 2.91. The van der Waals surface area contributed by atoms with Gasteiger partial charge in [-0.15, -0.1) is 0 Å². The van der Waals surface area contributed by atoms with Crippen LogP contribution in [0.2, 0.25) is 5.02 Å². The average Bonchev–Trinajstić information content (AvgIpc) is 3.08. The molecule has 88 valence electrons. The van der Waals surface area contributed by atoms with Gasteiger partial charge >= 0.3 is 0 Å². The number of imidazole rings is 1. The number of nitrogens with zero attached hydrogens (tertiary/aromatic N) is 3. The Labute approximate surface area is 105 Å². The maximum absolute atomic E-state index is 6.05. The molecule has 1 N–H and O–H groups in total. The van der Waals surface area contributed by atoms with Gasteiger partial charge in [-0.3, -0.25) is 4.98 Å². The van der Waals surface area contributed by atoms with Crippen LogP contribution in [0.25, 0.3) is 0 Å². The van der Waals surface area contributed by atoms with Gasteiger partial charge in [0.2, 0.25) is 0 Å². The zero-order valence-corrected chi connectivity index (χ0v) is 10.1. The van der Waals surface area contributed by atoms with E-state index in [1.54, 1.807) is 18.5 Å². The van der Waals surface area contributed by atoms with Crippen LogP contribution in [0, 0.1) is 0 Å². The SMILES string of the molecule is Clc1ccncc1NCc1cncn1C1CC1. The molecular weight excluding hydrogens is 236 g/mol. The highest BCUT2D eigenvalue weighted by Gasteiger charge is 2.24. The molecule has 0 radical (unpaired) electrons. The minimum absolute atomic E-state index is 0.652. The molecule has 2 aromatic heterocycles. The number of halogens is 1. The van der Waals surface area contributed by atoms with Crippen LogP contribution in [0.4, 0.5) is 5.69 Å². The molecule has 1 aliphatic carbocycles. The summed E-state index contributed by atoms with van der Waals surface area (Å²) in [5, 5.41) is 3.98. The lowest BCUT2D eigenvalue weighted by Crippen LogP contribution is -2.06. The Morgan fingerprint density at radius 3 is 3.00 bits per heavy atom. The highest BCUT2D eigenvalue weighted by Crippen LogP contribution is 2.35. The Morgan fingerprint density at radius 2 is 2.24 bits per heavy atom. The van der Waals surface area contributed by atoms with E-state index in [9.17, 15) is 0 Å². The minimum atomic E-state index is 0.652. The first-order valence-electron chi connectivity index (χ1n) is 5.68. The van der Waals surface area contributed by atoms with Crippen LogP contribution >= 0.6 is 11.6 Å². The van der Waals surface area contributed by atoms with Crippen molar-refractivity contribution in [2.75, 3.05) is 5.32 Å². The molecule has 0 spiro atoms. The molecule has 0 unspecified atom stereocenters. The average molecular weight is 249 g/mol. The first-order chi connectivity index (χ1) is 8.34. The van der Waals surface area contributed by atoms with Crippen molar-refractivity contribution in [2.24, 2.45) is 0 Å². The fourth-order valence-electron chi connectivity index (χ4n) is 1.84. The van der Waals surface area contributed by atoms with Gasteiger partial charge in [0.15, 0.2) is 0 Å². The third kappa shape index (κ3) is 2.26. The monoisotopic (exact) mass is 248 g/mol. The van der Waals surface area contributed by atoms with Crippen molar-refractivity contribution < 1.29 is 0 Å². The molecule has 0 aromatic carbocycles. The summed E-state index contributed by atoms with van der Waals surface area (Å²) in [6, 6.07) is 2.43. The molecule has 0 amide bonds. The molecule has 0 aliphatic heterocycles. The van der Waals surface area contributed by atoms with Gasteiger partial charge in [-0.1, -0.05) is 11.6 Å². The topological polar surface area (TPSA) is 42.7 Å². The largest absolute Gasteiger partial charge is 0.377 e. The molecule has 1 saturated carbocycles. The standard InChI is InChI=1S/C12H13ClN4/c13-11-3-4-14-7-12(11)16-6-10-5-15-8-17(10)9-1-2-9/h3-5,7-9,16H,1-2,6H2. The zero-order valence-electron chi connectivity index (χ0n) is 9.31.